The van der Waals surface area contributed by atoms with Crippen molar-refractivity contribution in [2.24, 2.45) is 0 Å². The lowest BCUT2D eigenvalue weighted by Gasteiger charge is -2.30. The fraction of sp³-hybridized carbons (Fsp3) is 0.542. The lowest BCUT2D eigenvalue weighted by atomic mass is 9.91. The van der Waals surface area contributed by atoms with E-state index >= 15 is 0 Å². The Morgan fingerprint density at radius 3 is 2.45 bits per heavy atom. The number of hydrogen-bond donors (Lipinski definition) is 3. The molecule has 0 radical (unpaired) electrons. The Hall–Kier alpha value is -2.83. The van der Waals surface area contributed by atoms with Crippen LogP contribution >= 0.6 is 0 Å². The second kappa shape index (κ2) is 9.98. The minimum Gasteiger partial charge on any atom is -0.362 e. The molecule has 2 aliphatic carbocycles. The number of hydrogen-bond acceptors (Lipinski definition) is 5. The van der Waals surface area contributed by atoms with E-state index in [2.05, 4.69) is 34.9 Å². The van der Waals surface area contributed by atoms with Crippen molar-refractivity contribution >= 4 is 17.8 Å². The number of urea groups is 1. The first-order chi connectivity index (χ1) is 15.1. The third kappa shape index (κ3) is 5.66. The van der Waals surface area contributed by atoms with Gasteiger partial charge in [-0.1, -0.05) is 30.3 Å². The highest BCUT2D eigenvalue weighted by atomic mass is 16.2. The first kappa shape index (κ1) is 21.4. The first-order valence-electron chi connectivity index (χ1n) is 11.5. The van der Waals surface area contributed by atoms with Gasteiger partial charge in [0.05, 0.1) is 5.69 Å². The van der Waals surface area contributed by atoms with Crippen molar-refractivity contribution in [3.05, 3.63) is 47.2 Å². The molecule has 3 N–H and O–H groups in total. The average Bonchev–Trinajstić information content (AvgIpc) is 2.79. The summed E-state index contributed by atoms with van der Waals surface area (Å²) in [7, 11) is 4.11. The fourth-order valence-corrected chi connectivity index (χ4v) is 4.59. The molecule has 0 aliphatic heterocycles. The van der Waals surface area contributed by atoms with Crippen LogP contribution in [0.3, 0.4) is 0 Å². The van der Waals surface area contributed by atoms with Gasteiger partial charge in [-0.05, 0) is 56.9 Å². The number of nitrogens with zero attached hydrogens (tertiary/aromatic N) is 3. The van der Waals surface area contributed by atoms with Crippen molar-refractivity contribution in [3.8, 4) is 0 Å². The van der Waals surface area contributed by atoms with E-state index in [0.717, 1.165) is 55.9 Å². The van der Waals surface area contributed by atoms with Crippen molar-refractivity contribution in [3.63, 3.8) is 0 Å². The highest BCUT2D eigenvalue weighted by Crippen LogP contribution is 2.29. The maximum atomic E-state index is 12.2. The average molecular weight is 423 g/mol. The highest BCUT2D eigenvalue weighted by molar-refractivity contribution is 5.74. The Balaban J connectivity index is 1.26. The summed E-state index contributed by atoms with van der Waals surface area (Å²) in [4.78, 5) is 24.0. The van der Waals surface area contributed by atoms with Gasteiger partial charge in [-0.3, -0.25) is 0 Å². The van der Waals surface area contributed by atoms with Gasteiger partial charge in [-0.2, -0.15) is 4.98 Å². The molecule has 0 bridgehead atoms. The van der Waals surface area contributed by atoms with E-state index in [0.29, 0.717) is 12.6 Å². The second-order valence-corrected chi connectivity index (χ2v) is 8.90. The molecule has 0 atom stereocenters. The third-order valence-corrected chi connectivity index (χ3v) is 6.28. The zero-order valence-corrected chi connectivity index (χ0v) is 18.7. The molecule has 7 nitrogen and oxygen atoms in total. The lowest BCUT2D eigenvalue weighted by molar-refractivity contribution is 0.231. The molecule has 2 amide bonds. The number of rotatable bonds is 6. The van der Waals surface area contributed by atoms with Crippen LogP contribution in [0.5, 0.6) is 0 Å². The first-order valence-corrected chi connectivity index (χ1v) is 11.5. The molecule has 1 heterocycles. The number of nitrogens with one attached hydrogen (secondary N) is 3. The van der Waals surface area contributed by atoms with Crippen LogP contribution in [0, 0.1) is 0 Å². The Labute approximate surface area is 185 Å². The van der Waals surface area contributed by atoms with Crippen molar-refractivity contribution in [2.45, 2.75) is 70.0 Å². The summed E-state index contributed by atoms with van der Waals surface area (Å²) in [5.74, 6) is 1.80. The van der Waals surface area contributed by atoms with Gasteiger partial charge in [0.1, 0.15) is 5.82 Å². The van der Waals surface area contributed by atoms with Crippen molar-refractivity contribution in [1.29, 1.82) is 0 Å². The molecular weight excluding hydrogens is 388 g/mol. The Morgan fingerprint density at radius 1 is 1.00 bits per heavy atom. The van der Waals surface area contributed by atoms with Crippen LogP contribution in [0.4, 0.5) is 16.6 Å². The van der Waals surface area contributed by atoms with E-state index in [9.17, 15) is 4.79 Å². The van der Waals surface area contributed by atoms with Crippen molar-refractivity contribution in [1.82, 2.24) is 20.6 Å². The molecule has 0 saturated heterocycles. The number of carbonyl (C=O) groups excluding carboxylic acids is 1. The molecule has 4 rings (SSSR count). The van der Waals surface area contributed by atoms with Gasteiger partial charge in [0.2, 0.25) is 5.95 Å². The molecule has 7 heteroatoms. The summed E-state index contributed by atoms with van der Waals surface area (Å²) in [5.41, 5.74) is 3.63. The second-order valence-electron chi connectivity index (χ2n) is 8.90. The molecule has 31 heavy (non-hydrogen) atoms. The SMILES string of the molecule is CN(C)c1nc(NC2CCC(NC(=O)NCc3ccccc3)CC2)nc2c1CCCC2. The highest BCUT2D eigenvalue weighted by Gasteiger charge is 2.24. The van der Waals surface area contributed by atoms with E-state index in [1.54, 1.807) is 0 Å². The van der Waals surface area contributed by atoms with Gasteiger partial charge in [0, 0.05) is 38.3 Å². The minimum atomic E-state index is -0.0890. The van der Waals surface area contributed by atoms with Crippen LogP contribution < -0.4 is 20.9 Å². The van der Waals surface area contributed by atoms with E-state index in [1.165, 1.54) is 24.1 Å². The van der Waals surface area contributed by atoms with Gasteiger partial charge in [0.15, 0.2) is 0 Å². The quantitative estimate of drug-likeness (QED) is 0.662. The summed E-state index contributed by atoms with van der Waals surface area (Å²) >= 11 is 0. The number of benzene rings is 1. The van der Waals surface area contributed by atoms with Gasteiger partial charge in [0.25, 0.3) is 0 Å². The summed E-state index contributed by atoms with van der Waals surface area (Å²) in [6.07, 6.45) is 8.47. The van der Waals surface area contributed by atoms with Gasteiger partial charge in [-0.25, -0.2) is 9.78 Å². The molecular formula is C24H34N6O. The summed E-state index contributed by atoms with van der Waals surface area (Å²) in [5, 5.41) is 9.65. The number of amides is 2. The van der Waals surface area contributed by atoms with E-state index in [4.69, 9.17) is 9.97 Å². The summed E-state index contributed by atoms with van der Waals surface area (Å²) in [6.45, 7) is 0.549. The summed E-state index contributed by atoms with van der Waals surface area (Å²) in [6, 6.07) is 10.5. The molecule has 2 aliphatic rings. The summed E-state index contributed by atoms with van der Waals surface area (Å²) < 4.78 is 0. The Kier molecular flexibility index (Phi) is 6.89. The normalized spacial score (nSPS) is 20.5. The molecule has 1 aromatic carbocycles. The minimum absolute atomic E-state index is 0.0890. The van der Waals surface area contributed by atoms with Crippen LogP contribution in [0.1, 0.15) is 55.3 Å². The topological polar surface area (TPSA) is 82.2 Å². The van der Waals surface area contributed by atoms with Crippen LogP contribution in [0.2, 0.25) is 0 Å². The lowest BCUT2D eigenvalue weighted by Crippen LogP contribution is -2.44. The van der Waals surface area contributed by atoms with Crippen LogP contribution in [-0.4, -0.2) is 42.2 Å². The van der Waals surface area contributed by atoms with E-state index < -0.39 is 0 Å². The van der Waals surface area contributed by atoms with Crippen molar-refractivity contribution < 1.29 is 4.79 Å². The third-order valence-electron chi connectivity index (χ3n) is 6.28. The van der Waals surface area contributed by atoms with Crippen LogP contribution in [0.15, 0.2) is 30.3 Å². The number of fused-ring (bicyclic) bond motifs is 1. The molecule has 1 aromatic heterocycles. The van der Waals surface area contributed by atoms with Gasteiger partial charge >= 0.3 is 6.03 Å². The number of carbonyl (C=O) groups is 1. The largest absolute Gasteiger partial charge is 0.362 e. The zero-order chi connectivity index (χ0) is 21.6. The van der Waals surface area contributed by atoms with E-state index in [1.807, 2.05) is 30.3 Å². The number of aromatic nitrogens is 2. The Bertz CT molecular complexity index is 877. The molecule has 0 unspecified atom stereocenters. The number of aryl methyl sites for hydroxylation is 1. The van der Waals surface area contributed by atoms with E-state index in [-0.39, 0.29) is 12.1 Å². The predicted octanol–water partition coefficient (Wildman–Crippen LogP) is 3.64. The Morgan fingerprint density at radius 2 is 1.71 bits per heavy atom. The smallest absolute Gasteiger partial charge is 0.315 e. The molecule has 0 spiro atoms. The van der Waals surface area contributed by atoms with Gasteiger partial charge < -0.3 is 20.9 Å². The molecule has 166 valence electrons. The molecule has 1 fully saturated rings. The number of anilines is 2. The van der Waals surface area contributed by atoms with Crippen LogP contribution in [0.25, 0.3) is 0 Å². The maximum Gasteiger partial charge on any atom is 0.315 e. The predicted molar refractivity (Wildman–Crippen MR) is 124 cm³/mol. The fourth-order valence-electron chi connectivity index (χ4n) is 4.59. The van der Waals surface area contributed by atoms with Gasteiger partial charge in [-0.15, -0.1) is 0 Å². The van der Waals surface area contributed by atoms with Crippen molar-refractivity contribution in [2.75, 3.05) is 24.3 Å². The zero-order valence-electron chi connectivity index (χ0n) is 18.7. The molecule has 2 aromatic rings. The standard InChI is InChI=1S/C24H34N6O/c1-30(2)22-20-10-6-7-11-21(20)28-23(29-22)26-18-12-14-19(15-13-18)27-24(31)25-16-17-8-4-3-5-9-17/h3-5,8-9,18-19H,6-7,10-16H2,1-2H3,(H2,25,27,31)(H,26,28,29). The van der Waals surface area contributed by atoms with Crippen LogP contribution in [-0.2, 0) is 19.4 Å². The molecule has 1 saturated carbocycles. The maximum absolute atomic E-state index is 12.2. The monoisotopic (exact) mass is 422 g/mol.